The van der Waals surface area contributed by atoms with E-state index < -0.39 is 11.1 Å². The number of amides is 2. The number of piperidine rings is 1. The highest BCUT2D eigenvalue weighted by Crippen LogP contribution is 2.52. The van der Waals surface area contributed by atoms with Crippen molar-refractivity contribution in [3.63, 3.8) is 0 Å². The smallest absolute Gasteiger partial charge is 0.411 e. The van der Waals surface area contributed by atoms with Gasteiger partial charge in [-0.3, -0.25) is 9.69 Å². The van der Waals surface area contributed by atoms with Crippen LogP contribution < -0.4 is 0 Å². The Bertz CT molecular complexity index is 911. The number of likely N-dealkylation sites (tertiary alicyclic amines) is 1. The van der Waals surface area contributed by atoms with Crippen LogP contribution in [0.25, 0.3) is 0 Å². The van der Waals surface area contributed by atoms with Gasteiger partial charge in [-0.1, -0.05) is 44.2 Å². The molecule has 1 aromatic heterocycles. The number of aromatic nitrogens is 2. The third kappa shape index (κ3) is 3.22. The van der Waals surface area contributed by atoms with Gasteiger partial charge in [-0.05, 0) is 18.6 Å². The number of rotatable bonds is 4. The summed E-state index contributed by atoms with van der Waals surface area (Å²) in [6, 6.07) is 11.7. The van der Waals surface area contributed by atoms with Crippen molar-refractivity contribution < 1.29 is 14.3 Å². The van der Waals surface area contributed by atoms with Gasteiger partial charge < -0.3 is 9.64 Å². The highest BCUT2D eigenvalue weighted by molar-refractivity contribution is 5.78. The van der Waals surface area contributed by atoms with E-state index in [-0.39, 0.29) is 24.5 Å². The second-order valence-electron chi connectivity index (χ2n) is 8.53. The minimum Gasteiger partial charge on any atom is -0.440 e. The fourth-order valence-electron chi connectivity index (χ4n) is 4.75. The lowest BCUT2D eigenvalue weighted by atomic mass is 9.70. The van der Waals surface area contributed by atoms with Crippen LogP contribution in [0.1, 0.15) is 45.0 Å². The van der Waals surface area contributed by atoms with Crippen LogP contribution in [0.15, 0.2) is 48.8 Å². The molecule has 0 aliphatic carbocycles. The Morgan fingerprint density at radius 1 is 1.10 bits per heavy atom. The number of hydrogen-bond donors (Lipinski definition) is 0. The van der Waals surface area contributed by atoms with Crippen LogP contribution in [-0.2, 0) is 21.6 Å². The first-order valence-electron chi connectivity index (χ1n) is 10.5. The Morgan fingerprint density at radius 2 is 1.73 bits per heavy atom. The van der Waals surface area contributed by atoms with Crippen molar-refractivity contribution in [2.24, 2.45) is 5.92 Å². The molecule has 2 amide bonds. The molecule has 2 aromatic rings. The van der Waals surface area contributed by atoms with Crippen LogP contribution in [0.2, 0.25) is 0 Å². The van der Waals surface area contributed by atoms with Gasteiger partial charge in [-0.25, -0.2) is 14.8 Å². The predicted octanol–water partition coefficient (Wildman–Crippen LogP) is 3.36. The fourth-order valence-corrected chi connectivity index (χ4v) is 4.75. The van der Waals surface area contributed by atoms with Gasteiger partial charge in [0, 0.05) is 44.2 Å². The van der Waals surface area contributed by atoms with Gasteiger partial charge in [0.2, 0.25) is 5.91 Å². The van der Waals surface area contributed by atoms with Crippen molar-refractivity contribution in [3.8, 4) is 0 Å². The summed E-state index contributed by atoms with van der Waals surface area (Å²) in [5.74, 6) is 0.670. The molecule has 1 unspecified atom stereocenters. The van der Waals surface area contributed by atoms with Crippen LogP contribution in [0, 0.1) is 5.92 Å². The Labute approximate surface area is 177 Å². The molecule has 158 valence electrons. The maximum atomic E-state index is 13.1. The molecule has 1 spiro atoms. The Morgan fingerprint density at radius 3 is 2.33 bits per heavy atom. The molecule has 7 nitrogen and oxygen atoms in total. The quantitative estimate of drug-likeness (QED) is 0.775. The number of carbonyl (C=O) groups excluding carboxylic acids is 2. The molecular formula is C23H28N4O3. The lowest BCUT2D eigenvalue weighted by Gasteiger charge is -2.48. The summed E-state index contributed by atoms with van der Waals surface area (Å²) >= 11 is 0. The van der Waals surface area contributed by atoms with E-state index >= 15 is 0 Å². The molecule has 2 fully saturated rings. The average Bonchev–Trinajstić information content (AvgIpc) is 2.97. The van der Waals surface area contributed by atoms with Crippen LogP contribution in [0.4, 0.5) is 4.79 Å². The van der Waals surface area contributed by atoms with Gasteiger partial charge in [-0.15, -0.1) is 0 Å². The summed E-state index contributed by atoms with van der Waals surface area (Å²) in [6.07, 6.45) is 4.17. The average molecular weight is 409 g/mol. The van der Waals surface area contributed by atoms with E-state index in [1.807, 2.05) is 49.1 Å². The monoisotopic (exact) mass is 408 g/mol. The normalized spacial score (nSPS) is 23.1. The molecule has 1 aromatic carbocycles. The summed E-state index contributed by atoms with van der Waals surface area (Å²) in [7, 11) is 0. The molecular weight excluding hydrogens is 380 g/mol. The Kier molecular flexibility index (Phi) is 5.22. The number of ether oxygens (including phenoxy) is 1. The Hall–Kier alpha value is -2.96. The minimum absolute atomic E-state index is 0.0441. The van der Waals surface area contributed by atoms with Gasteiger partial charge in [-0.2, -0.15) is 0 Å². The van der Waals surface area contributed by atoms with Crippen molar-refractivity contribution in [1.29, 1.82) is 0 Å². The molecule has 7 heteroatoms. The molecule has 0 saturated carbocycles. The van der Waals surface area contributed by atoms with Crippen molar-refractivity contribution >= 4 is 12.0 Å². The number of nitrogens with zero attached hydrogens (tertiary/aromatic N) is 4. The van der Waals surface area contributed by atoms with E-state index in [2.05, 4.69) is 16.9 Å². The first-order valence-corrected chi connectivity index (χ1v) is 10.5. The van der Waals surface area contributed by atoms with Crippen LogP contribution in [-0.4, -0.2) is 50.5 Å². The maximum absolute atomic E-state index is 13.1. The standard InChI is InChI=1S/C23H28N4O3/c1-17(2)20(28)26-14-10-23(11-15-26)22(3,18-8-5-4-6-9-18)27(21(29)30-23)16-19-24-12-7-13-25-19/h4-9,12-13,17H,10-11,14-16H2,1-3H3. The van der Waals surface area contributed by atoms with Gasteiger partial charge in [0.05, 0.1) is 6.54 Å². The molecule has 2 aliphatic rings. The van der Waals surface area contributed by atoms with E-state index in [1.54, 1.807) is 23.4 Å². The molecule has 2 saturated heterocycles. The SMILES string of the molecule is CC(C)C(=O)N1CCC2(CC1)OC(=O)N(Cc1ncccn1)C2(C)c1ccccc1. The summed E-state index contributed by atoms with van der Waals surface area (Å²) in [6.45, 7) is 7.30. The first-order chi connectivity index (χ1) is 14.4. The minimum atomic E-state index is -0.714. The fraction of sp³-hybridized carbons (Fsp3) is 0.478. The molecule has 1 atom stereocenters. The predicted molar refractivity (Wildman–Crippen MR) is 111 cm³/mol. The van der Waals surface area contributed by atoms with Crippen molar-refractivity contribution in [1.82, 2.24) is 19.8 Å². The van der Waals surface area contributed by atoms with E-state index in [0.717, 1.165) is 5.56 Å². The number of hydrogen-bond acceptors (Lipinski definition) is 5. The van der Waals surface area contributed by atoms with Crippen LogP contribution in [0.5, 0.6) is 0 Å². The second-order valence-corrected chi connectivity index (χ2v) is 8.53. The molecule has 0 bridgehead atoms. The second kappa shape index (κ2) is 7.70. The summed E-state index contributed by atoms with van der Waals surface area (Å²) in [5, 5.41) is 0. The molecule has 30 heavy (non-hydrogen) atoms. The van der Waals surface area contributed by atoms with Crippen molar-refractivity contribution in [2.45, 2.75) is 51.3 Å². The van der Waals surface area contributed by atoms with Crippen molar-refractivity contribution in [2.75, 3.05) is 13.1 Å². The zero-order valence-corrected chi connectivity index (χ0v) is 17.7. The number of benzene rings is 1. The van der Waals surface area contributed by atoms with Crippen molar-refractivity contribution in [3.05, 3.63) is 60.2 Å². The van der Waals surface area contributed by atoms with Gasteiger partial charge in [0.25, 0.3) is 0 Å². The topological polar surface area (TPSA) is 75.6 Å². The van der Waals surface area contributed by atoms with Crippen LogP contribution in [0.3, 0.4) is 0 Å². The van der Waals surface area contributed by atoms with Gasteiger partial charge in [0.1, 0.15) is 17.0 Å². The lowest BCUT2D eigenvalue weighted by Crippen LogP contribution is -2.59. The Balaban J connectivity index is 1.70. The highest BCUT2D eigenvalue weighted by Gasteiger charge is 2.64. The zero-order valence-electron chi connectivity index (χ0n) is 17.7. The number of carbonyl (C=O) groups is 2. The highest BCUT2D eigenvalue weighted by atomic mass is 16.6. The molecule has 3 heterocycles. The molecule has 4 rings (SSSR count). The zero-order chi connectivity index (χ0) is 21.4. The lowest BCUT2D eigenvalue weighted by molar-refractivity contribution is -0.140. The summed E-state index contributed by atoms with van der Waals surface area (Å²) in [5.41, 5.74) is -0.402. The molecule has 0 N–H and O–H groups in total. The first kappa shape index (κ1) is 20.3. The third-order valence-corrected chi connectivity index (χ3v) is 6.56. The molecule has 0 radical (unpaired) electrons. The van der Waals surface area contributed by atoms with Gasteiger partial charge >= 0.3 is 6.09 Å². The van der Waals surface area contributed by atoms with Gasteiger partial charge in [0.15, 0.2) is 0 Å². The van der Waals surface area contributed by atoms with Crippen LogP contribution >= 0.6 is 0 Å². The van der Waals surface area contributed by atoms with E-state index in [1.165, 1.54) is 0 Å². The van der Waals surface area contributed by atoms with E-state index in [0.29, 0.717) is 31.8 Å². The third-order valence-electron chi connectivity index (χ3n) is 6.56. The maximum Gasteiger partial charge on any atom is 0.411 e. The summed E-state index contributed by atoms with van der Waals surface area (Å²) < 4.78 is 6.13. The largest absolute Gasteiger partial charge is 0.440 e. The molecule has 2 aliphatic heterocycles. The summed E-state index contributed by atoms with van der Waals surface area (Å²) in [4.78, 5) is 37.9. The van der Waals surface area contributed by atoms with E-state index in [4.69, 9.17) is 4.74 Å². The van der Waals surface area contributed by atoms with E-state index in [9.17, 15) is 9.59 Å².